The SMILES string of the molecule is NCCC(F)(F)c1ccc(-c2ccccc2)s1. The molecule has 0 saturated heterocycles. The third kappa shape index (κ3) is 2.70. The summed E-state index contributed by atoms with van der Waals surface area (Å²) in [6.07, 6.45) is -0.304. The summed E-state index contributed by atoms with van der Waals surface area (Å²) >= 11 is 1.13. The Bertz CT molecular complexity index is 479. The van der Waals surface area contributed by atoms with Gasteiger partial charge in [-0.25, -0.2) is 8.78 Å². The molecule has 0 aliphatic rings. The summed E-state index contributed by atoms with van der Waals surface area (Å²) in [7, 11) is 0. The molecule has 0 amide bonds. The first-order chi connectivity index (χ1) is 8.13. The molecule has 2 rings (SSSR count). The molecular weight excluding hydrogens is 240 g/mol. The number of hydrogen-bond acceptors (Lipinski definition) is 2. The van der Waals surface area contributed by atoms with Crippen LogP contribution in [0.2, 0.25) is 0 Å². The van der Waals surface area contributed by atoms with Gasteiger partial charge in [0.1, 0.15) is 0 Å². The standard InChI is InChI=1S/C13H13F2NS/c14-13(15,8-9-16)12-7-6-11(17-12)10-4-2-1-3-5-10/h1-7H,8-9,16H2. The van der Waals surface area contributed by atoms with Gasteiger partial charge in [0.05, 0.1) is 4.88 Å². The zero-order valence-electron chi connectivity index (χ0n) is 9.20. The summed E-state index contributed by atoms with van der Waals surface area (Å²) < 4.78 is 27.2. The van der Waals surface area contributed by atoms with Crippen LogP contribution >= 0.6 is 11.3 Å². The Hall–Kier alpha value is -1.26. The largest absolute Gasteiger partial charge is 0.330 e. The molecule has 90 valence electrons. The number of nitrogens with two attached hydrogens (primary N) is 1. The molecule has 0 unspecified atom stereocenters. The third-order valence-corrected chi connectivity index (χ3v) is 3.73. The number of halogens is 2. The third-order valence-electron chi connectivity index (χ3n) is 2.48. The van der Waals surface area contributed by atoms with Crippen LogP contribution in [0.5, 0.6) is 0 Å². The molecule has 0 atom stereocenters. The summed E-state index contributed by atoms with van der Waals surface area (Å²) in [6.45, 7) is -0.00836. The van der Waals surface area contributed by atoms with E-state index in [0.29, 0.717) is 0 Å². The van der Waals surface area contributed by atoms with Crippen molar-refractivity contribution in [1.29, 1.82) is 0 Å². The second kappa shape index (κ2) is 4.94. The van der Waals surface area contributed by atoms with E-state index in [0.717, 1.165) is 21.8 Å². The van der Waals surface area contributed by atoms with Gasteiger partial charge in [0.2, 0.25) is 0 Å². The second-order valence-electron chi connectivity index (χ2n) is 3.77. The summed E-state index contributed by atoms with van der Waals surface area (Å²) in [4.78, 5) is 0.944. The first-order valence-corrected chi connectivity index (χ1v) is 6.19. The maximum atomic E-state index is 13.6. The first-order valence-electron chi connectivity index (χ1n) is 5.37. The van der Waals surface area contributed by atoms with Gasteiger partial charge in [-0.1, -0.05) is 30.3 Å². The van der Waals surface area contributed by atoms with Gasteiger partial charge < -0.3 is 5.73 Å². The molecule has 1 nitrogen and oxygen atoms in total. The minimum Gasteiger partial charge on any atom is -0.330 e. The smallest absolute Gasteiger partial charge is 0.283 e. The highest BCUT2D eigenvalue weighted by Gasteiger charge is 2.32. The number of thiophene rings is 1. The molecule has 4 heteroatoms. The van der Waals surface area contributed by atoms with Crippen LogP contribution in [0.25, 0.3) is 10.4 Å². The molecule has 0 spiro atoms. The number of alkyl halides is 2. The van der Waals surface area contributed by atoms with Gasteiger partial charge in [-0.2, -0.15) is 0 Å². The molecule has 0 radical (unpaired) electrons. The quantitative estimate of drug-likeness (QED) is 0.879. The topological polar surface area (TPSA) is 26.0 Å². The lowest BCUT2D eigenvalue weighted by molar-refractivity contribution is -0.00681. The van der Waals surface area contributed by atoms with E-state index < -0.39 is 5.92 Å². The molecular formula is C13H13F2NS. The molecule has 0 aliphatic carbocycles. The van der Waals surface area contributed by atoms with Crippen molar-refractivity contribution in [2.75, 3.05) is 6.54 Å². The maximum Gasteiger partial charge on any atom is 0.283 e. The van der Waals surface area contributed by atoms with Crippen molar-refractivity contribution in [2.24, 2.45) is 5.73 Å². The van der Waals surface area contributed by atoms with Crippen LogP contribution < -0.4 is 5.73 Å². The van der Waals surface area contributed by atoms with E-state index in [9.17, 15) is 8.78 Å². The van der Waals surface area contributed by atoms with Gasteiger partial charge in [0.15, 0.2) is 0 Å². The molecule has 17 heavy (non-hydrogen) atoms. The molecule has 2 N–H and O–H groups in total. The van der Waals surface area contributed by atoms with Gasteiger partial charge in [-0.15, -0.1) is 11.3 Å². The van der Waals surface area contributed by atoms with Gasteiger partial charge in [0, 0.05) is 11.3 Å². The van der Waals surface area contributed by atoms with Crippen molar-refractivity contribution < 1.29 is 8.78 Å². The molecule has 0 fully saturated rings. The van der Waals surface area contributed by atoms with Crippen molar-refractivity contribution in [1.82, 2.24) is 0 Å². The number of hydrogen-bond donors (Lipinski definition) is 1. The number of benzene rings is 1. The molecule has 2 aromatic rings. The van der Waals surface area contributed by atoms with Crippen LogP contribution in [-0.4, -0.2) is 6.54 Å². The predicted molar refractivity (Wildman–Crippen MR) is 67.3 cm³/mol. The Morgan fingerprint density at radius 3 is 2.41 bits per heavy atom. The Morgan fingerprint density at radius 2 is 1.76 bits per heavy atom. The van der Waals surface area contributed by atoms with E-state index in [1.807, 2.05) is 30.3 Å². The highest BCUT2D eigenvalue weighted by Crippen LogP contribution is 2.39. The highest BCUT2D eigenvalue weighted by atomic mass is 32.1. The molecule has 0 saturated carbocycles. The monoisotopic (exact) mass is 253 g/mol. The average Bonchev–Trinajstić information content (AvgIpc) is 2.80. The summed E-state index contributed by atoms with van der Waals surface area (Å²) in [5.74, 6) is -2.81. The lowest BCUT2D eigenvalue weighted by Gasteiger charge is -2.12. The fraction of sp³-hybridized carbons (Fsp3) is 0.231. The van der Waals surface area contributed by atoms with E-state index in [1.165, 1.54) is 6.07 Å². The normalized spacial score (nSPS) is 11.7. The van der Waals surface area contributed by atoms with E-state index in [1.54, 1.807) is 6.07 Å². The van der Waals surface area contributed by atoms with Crippen LogP contribution in [0.3, 0.4) is 0 Å². The van der Waals surface area contributed by atoms with Gasteiger partial charge >= 0.3 is 0 Å². The van der Waals surface area contributed by atoms with Crippen LogP contribution in [0.4, 0.5) is 8.78 Å². The average molecular weight is 253 g/mol. The Labute approximate surface area is 103 Å². The molecule has 1 aromatic heterocycles. The van der Waals surface area contributed by atoms with E-state index in [-0.39, 0.29) is 17.8 Å². The van der Waals surface area contributed by atoms with Gasteiger partial charge in [-0.3, -0.25) is 0 Å². The van der Waals surface area contributed by atoms with E-state index in [4.69, 9.17) is 5.73 Å². The molecule has 0 bridgehead atoms. The molecule has 1 aromatic carbocycles. The fourth-order valence-electron chi connectivity index (χ4n) is 1.60. The predicted octanol–water partition coefficient (Wildman–Crippen LogP) is 3.86. The van der Waals surface area contributed by atoms with Crippen molar-refractivity contribution >= 4 is 11.3 Å². The molecule has 0 aliphatic heterocycles. The Balaban J connectivity index is 2.28. The van der Waals surface area contributed by atoms with Crippen molar-refractivity contribution in [3.05, 3.63) is 47.3 Å². The summed E-state index contributed by atoms with van der Waals surface area (Å²) in [5, 5.41) is 0. The minimum atomic E-state index is -2.81. The minimum absolute atomic E-state index is 0.00836. The van der Waals surface area contributed by atoms with Crippen LogP contribution in [0.1, 0.15) is 11.3 Å². The van der Waals surface area contributed by atoms with Crippen molar-refractivity contribution in [2.45, 2.75) is 12.3 Å². The van der Waals surface area contributed by atoms with Crippen molar-refractivity contribution in [3.8, 4) is 10.4 Å². The highest BCUT2D eigenvalue weighted by molar-refractivity contribution is 7.15. The first kappa shape index (κ1) is 12.2. The van der Waals surface area contributed by atoms with Crippen LogP contribution in [0.15, 0.2) is 42.5 Å². The molecule has 1 heterocycles. The second-order valence-corrected chi connectivity index (χ2v) is 4.86. The van der Waals surface area contributed by atoms with Gasteiger partial charge in [0.25, 0.3) is 5.92 Å². The maximum absolute atomic E-state index is 13.6. The lowest BCUT2D eigenvalue weighted by Crippen LogP contribution is -2.17. The van der Waals surface area contributed by atoms with Crippen LogP contribution in [0, 0.1) is 0 Å². The zero-order valence-corrected chi connectivity index (χ0v) is 10.0. The Morgan fingerprint density at radius 1 is 1.06 bits per heavy atom. The Kier molecular flexibility index (Phi) is 3.54. The van der Waals surface area contributed by atoms with Gasteiger partial charge in [-0.05, 0) is 24.2 Å². The van der Waals surface area contributed by atoms with Crippen LogP contribution in [-0.2, 0) is 5.92 Å². The zero-order chi connectivity index (χ0) is 12.3. The fourth-order valence-corrected chi connectivity index (χ4v) is 2.61. The summed E-state index contributed by atoms with van der Waals surface area (Å²) in [6, 6.07) is 12.7. The summed E-state index contributed by atoms with van der Waals surface area (Å²) in [5.41, 5.74) is 6.16. The number of rotatable bonds is 4. The lowest BCUT2D eigenvalue weighted by atomic mass is 10.2. The van der Waals surface area contributed by atoms with E-state index in [2.05, 4.69) is 0 Å². The van der Waals surface area contributed by atoms with E-state index >= 15 is 0 Å². The van der Waals surface area contributed by atoms with Crippen molar-refractivity contribution in [3.63, 3.8) is 0 Å².